The lowest BCUT2D eigenvalue weighted by Gasteiger charge is -2.24. The van der Waals surface area contributed by atoms with E-state index in [0.29, 0.717) is 17.6 Å². The van der Waals surface area contributed by atoms with Crippen molar-refractivity contribution in [3.8, 4) is 0 Å². The molecule has 1 N–H and O–H groups in total. The zero-order chi connectivity index (χ0) is 13.5. The summed E-state index contributed by atoms with van der Waals surface area (Å²) in [6.45, 7) is 1.93. The van der Waals surface area contributed by atoms with E-state index in [-0.39, 0.29) is 11.6 Å². The maximum absolute atomic E-state index is 11.9. The number of rotatable bonds is 1. The topological polar surface area (TPSA) is 84.0 Å². The first kappa shape index (κ1) is 11.7. The summed E-state index contributed by atoms with van der Waals surface area (Å²) >= 11 is 0. The van der Waals surface area contributed by atoms with Crippen molar-refractivity contribution in [2.75, 3.05) is 13.1 Å². The minimum atomic E-state index is -0.325. The van der Waals surface area contributed by atoms with E-state index in [4.69, 9.17) is 0 Å². The minimum Gasteiger partial charge on any atom is -0.317 e. The highest BCUT2D eigenvalue weighted by molar-refractivity contribution is 6.22. The van der Waals surface area contributed by atoms with Gasteiger partial charge in [-0.2, -0.15) is 4.98 Å². The standard InChI is InChI=1S/C13H14N6O/c20-10-7-9(8-1-3-14-4-2-8)19-13(17-10)11-12(18-19)16-6-5-15-11/h5-8,11,14H,1-4H2. The molecule has 0 amide bonds. The molecule has 1 saturated heterocycles. The van der Waals surface area contributed by atoms with E-state index in [1.54, 1.807) is 23.2 Å². The van der Waals surface area contributed by atoms with Gasteiger partial charge in [-0.25, -0.2) is 9.67 Å². The fourth-order valence-electron chi connectivity index (χ4n) is 2.94. The van der Waals surface area contributed by atoms with Crippen molar-refractivity contribution in [1.82, 2.24) is 15.0 Å². The van der Waals surface area contributed by atoms with Gasteiger partial charge in [-0.05, 0) is 25.9 Å². The molecule has 7 heteroatoms. The van der Waals surface area contributed by atoms with Crippen LogP contribution >= 0.6 is 0 Å². The third-order valence-electron chi connectivity index (χ3n) is 3.92. The Morgan fingerprint density at radius 1 is 1.25 bits per heavy atom. The SMILES string of the molecule is O=c1cc(C2CCNCC2)n2c(n1)C1N=CC=NC1=N2. The van der Waals surface area contributed by atoms with Crippen molar-refractivity contribution in [2.45, 2.75) is 24.8 Å². The van der Waals surface area contributed by atoms with Gasteiger partial charge >= 0.3 is 0 Å². The second-order valence-electron chi connectivity index (χ2n) is 5.15. The van der Waals surface area contributed by atoms with Gasteiger partial charge in [0.05, 0.1) is 5.69 Å². The minimum absolute atomic E-state index is 0.217. The first-order chi connectivity index (χ1) is 9.83. The maximum atomic E-state index is 11.9. The van der Waals surface area contributed by atoms with Gasteiger partial charge in [0, 0.05) is 24.4 Å². The van der Waals surface area contributed by atoms with E-state index >= 15 is 0 Å². The van der Waals surface area contributed by atoms with Crippen LogP contribution in [-0.4, -0.2) is 41.0 Å². The Morgan fingerprint density at radius 3 is 2.95 bits per heavy atom. The average molecular weight is 270 g/mol. The van der Waals surface area contributed by atoms with Crippen LogP contribution in [0, 0.1) is 0 Å². The molecule has 3 aliphatic heterocycles. The van der Waals surface area contributed by atoms with Crippen molar-refractivity contribution < 1.29 is 0 Å². The van der Waals surface area contributed by atoms with Gasteiger partial charge in [0.15, 0.2) is 17.7 Å². The van der Waals surface area contributed by atoms with Crippen LogP contribution in [0.25, 0.3) is 0 Å². The smallest absolute Gasteiger partial charge is 0.273 e. The fraction of sp³-hybridized carbons (Fsp3) is 0.462. The molecule has 1 aromatic heterocycles. The van der Waals surface area contributed by atoms with Crippen molar-refractivity contribution in [2.24, 2.45) is 15.1 Å². The van der Waals surface area contributed by atoms with E-state index in [2.05, 4.69) is 25.4 Å². The zero-order valence-electron chi connectivity index (χ0n) is 10.9. The van der Waals surface area contributed by atoms with Crippen molar-refractivity contribution in [1.29, 1.82) is 0 Å². The molecular formula is C13H14N6O. The Morgan fingerprint density at radius 2 is 2.10 bits per heavy atom. The number of hydrogen-bond donors (Lipinski definition) is 1. The number of aliphatic imine (C=N–C) groups is 2. The Hall–Kier alpha value is -2.15. The van der Waals surface area contributed by atoms with Crippen LogP contribution in [0.15, 0.2) is 25.9 Å². The Bertz CT molecular complexity index is 695. The van der Waals surface area contributed by atoms with E-state index in [1.807, 2.05) is 0 Å². The summed E-state index contributed by atoms with van der Waals surface area (Å²) < 4.78 is 1.78. The van der Waals surface area contributed by atoms with Crippen LogP contribution in [0.1, 0.15) is 36.3 Å². The quantitative estimate of drug-likeness (QED) is 0.784. The van der Waals surface area contributed by atoms with E-state index < -0.39 is 0 Å². The number of nitrogens with one attached hydrogen (secondary N) is 1. The molecule has 0 aromatic carbocycles. The van der Waals surface area contributed by atoms with Gasteiger partial charge in [0.25, 0.3) is 5.56 Å². The van der Waals surface area contributed by atoms with E-state index in [0.717, 1.165) is 31.6 Å². The second kappa shape index (κ2) is 4.45. The molecular weight excluding hydrogens is 256 g/mol. The molecule has 0 aliphatic carbocycles. The summed E-state index contributed by atoms with van der Waals surface area (Å²) in [5.41, 5.74) is 0.722. The molecule has 1 aromatic rings. The molecule has 1 fully saturated rings. The predicted octanol–water partition coefficient (Wildman–Crippen LogP) is 0.0818. The molecule has 1 atom stereocenters. The van der Waals surface area contributed by atoms with Crippen molar-refractivity contribution in [3.63, 3.8) is 0 Å². The molecule has 102 valence electrons. The lowest BCUT2D eigenvalue weighted by Crippen LogP contribution is -2.29. The molecule has 1 unspecified atom stereocenters. The predicted molar refractivity (Wildman–Crippen MR) is 75.9 cm³/mol. The number of piperidine rings is 1. The first-order valence-corrected chi connectivity index (χ1v) is 6.82. The zero-order valence-corrected chi connectivity index (χ0v) is 10.9. The van der Waals surface area contributed by atoms with E-state index in [1.165, 1.54) is 0 Å². The number of amidine groups is 1. The number of hydrogen-bond acceptors (Lipinski definition) is 6. The van der Waals surface area contributed by atoms with Crippen LogP contribution in [0.5, 0.6) is 0 Å². The lowest BCUT2D eigenvalue weighted by molar-refractivity contribution is 0.439. The van der Waals surface area contributed by atoms with E-state index in [9.17, 15) is 4.79 Å². The fourth-order valence-corrected chi connectivity index (χ4v) is 2.94. The molecule has 4 rings (SSSR count). The third kappa shape index (κ3) is 1.74. The van der Waals surface area contributed by atoms with Crippen LogP contribution < -0.4 is 10.9 Å². The number of nitrogens with zero attached hydrogens (tertiary/aromatic N) is 5. The van der Waals surface area contributed by atoms with Crippen molar-refractivity contribution in [3.05, 3.63) is 27.9 Å². The molecule has 0 spiro atoms. The van der Waals surface area contributed by atoms with Gasteiger partial charge in [0.1, 0.15) is 0 Å². The molecule has 0 saturated carbocycles. The summed E-state index contributed by atoms with van der Waals surface area (Å²) in [6.07, 6.45) is 5.25. The van der Waals surface area contributed by atoms with Gasteiger partial charge in [0.2, 0.25) is 0 Å². The average Bonchev–Trinajstić information content (AvgIpc) is 2.86. The van der Waals surface area contributed by atoms with Crippen molar-refractivity contribution >= 4 is 18.3 Å². The molecule has 7 nitrogen and oxygen atoms in total. The summed E-state index contributed by atoms with van der Waals surface area (Å²) in [6, 6.07) is 1.28. The molecule has 0 radical (unpaired) electrons. The molecule has 20 heavy (non-hydrogen) atoms. The van der Waals surface area contributed by atoms with Gasteiger partial charge in [-0.3, -0.25) is 9.79 Å². The molecule has 3 aliphatic rings. The largest absolute Gasteiger partial charge is 0.317 e. The molecule has 4 heterocycles. The highest BCUT2D eigenvalue weighted by atomic mass is 16.1. The Labute approximate surface area is 115 Å². The van der Waals surface area contributed by atoms with Gasteiger partial charge in [-0.15, -0.1) is 5.10 Å². The highest BCUT2D eigenvalue weighted by Crippen LogP contribution is 2.31. The number of aromatic nitrogens is 2. The summed E-state index contributed by atoms with van der Waals surface area (Å²) in [4.78, 5) is 24.5. The summed E-state index contributed by atoms with van der Waals surface area (Å²) in [5, 5.41) is 7.82. The van der Waals surface area contributed by atoms with Crippen LogP contribution in [0.3, 0.4) is 0 Å². The third-order valence-corrected chi connectivity index (χ3v) is 3.92. The highest BCUT2D eigenvalue weighted by Gasteiger charge is 2.32. The first-order valence-electron chi connectivity index (χ1n) is 6.82. The lowest BCUT2D eigenvalue weighted by atomic mass is 9.94. The van der Waals surface area contributed by atoms with Gasteiger partial charge in [-0.1, -0.05) is 0 Å². The maximum Gasteiger partial charge on any atom is 0.273 e. The van der Waals surface area contributed by atoms with Crippen LogP contribution in [0.2, 0.25) is 0 Å². The Balaban J connectivity index is 1.85. The summed E-state index contributed by atoms with van der Waals surface area (Å²) in [5.74, 6) is 1.54. The van der Waals surface area contributed by atoms with Crippen LogP contribution in [0.4, 0.5) is 0 Å². The monoisotopic (exact) mass is 270 g/mol. The van der Waals surface area contributed by atoms with Gasteiger partial charge < -0.3 is 5.32 Å². The second-order valence-corrected chi connectivity index (χ2v) is 5.15. The normalized spacial score (nSPS) is 24.4. The number of fused-ring (bicyclic) bond motifs is 3. The summed E-state index contributed by atoms with van der Waals surface area (Å²) in [7, 11) is 0. The van der Waals surface area contributed by atoms with Crippen LogP contribution in [-0.2, 0) is 0 Å². The Kier molecular flexibility index (Phi) is 2.59. The molecule has 0 bridgehead atoms.